The van der Waals surface area contributed by atoms with Crippen molar-refractivity contribution in [3.05, 3.63) is 60.7 Å². The summed E-state index contributed by atoms with van der Waals surface area (Å²) in [5, 5.41) is 1.66. The predicted octanol–water partition coefficient (Wildman–Crippen LogP) is 3.98. The van der Waals surface area contributed by atoms with Crippen LogP contribution in [0.25, 0.3) is 10.8 Å². The molecule has 0 bridgehead atoms. The summed E-state index contributed by atoms with van der Waals surface area (Å²) in [6, 6.07) is 9.26. The molecule has 0 unspecified atom stereocenters. The maximum atomic E-state index is 11.4. The smallest absolute Gasteiger partial charge is 0.308 e. The Hall–Kier alpha value is -2.88. The molecule has 0 aromatic heterocycles. The molecule has 0 radical (unpaired) electrons. The van der Waals surface area contributed by atoms with Crippen molar-refractivity contribution in [2.45, 2.75) is 20.3 Å². The van der Waals surface area contributed by atoms with Crippen LogP contribution in [0.1, 0.15) is 19.4 Å². The van der Waals surface area contributed by atoms with E-state index >= 15 is 0 Å². The Balaban J connectivity index is 2.67. The van der Waals surface area contributed by atoms with E-state index in [1.165, 1.54) is 13.8 Å². The Morgan fingerprint density at radius 2 is 1.74 bits per heavy atom. The highest BCUT2D eigenvalue weighted by atomic mass is 16.6. The fraction of sp³-hybridized carbons (Fsp3) is 0.158. The molecule has 2 aromatic rings. The van der Waals surface area contributed by atoms with E-state index in [9.17, 15) is 9.59 Å². The van der Waals surface area contributed by atoms with E-state index in [2.05, 4.69) is 6.58 Å². The van der Waals surface area contributed by atoms with Gasteiger partial charge >= 0.3 is 11.9 Å². The summed E-state index contributed by atoms with van der Waals surface area (Å²) in [6.07, 6.45) is 6.14. The number of fused-ring (bicyclic) bond motifs is 1. The van der Waals surface area contributed by atoms with Crippen LogP contribution in [-0.4, -0.2) is 11.9 Å². The Morgan fingerprint density at radius 3 is 2.35 bits per heavy atom. The maximum Gasteiger partial charge on any atom is 0.308 e. The largest absolute Gasteiger partial charge is 0.423 e. The van der Waals surface area contributed by atoms with Crippen LogP contribution >= 0.6 is 0 Å². The Kier molecular flexibility index (Phi) is 5.31. The molecule has 0 saturated carbocycles. The van der Waals surface area contributed by atoms with Crippen molar-refractivity contribution in [1.29, 1.82) is 0 Å². The lowest BCUT2D eigenvalue weighted by molar-refractivity contribution is -0.134. The Morgan fingerprint density at radius 1 is 1.09 bits per heavy atom. The molecule has 0 N–H and O–H groups in total. The maximum absolute atomic E-state index is 11.4. The highest BCUT2D eigenvalue weighted by Gasteiger charge is 2.17. The lowest BCUT2D eigenvalue weighted by atomic mass is 10.00. The summed E-state index contributed by atoms with van der Waals surface area (Å²) >= 11 is 0. The van der Waals surface area contributed by atoms with Crippen molar-refractivity contribution < 1.29 is 19.1 Å². The van der Waals surface area contributed by atoms with Gasteiger partial charge in [-0.3, -0.25) is 9.59 Å². The fourth-order valence-corrected chi connectivity index (χ4v) is 2.34. The second-order valence-corrected chi connectivity index (χ2v) is 4.96. The second kappa shape index (κ2) is 7.40. The first-order valence-electron chi connectivity index (χ1n) is 7.22. The average Bonchev–Trinajstić information content (AvgIpc) is 2.50. The number of hydrogen-bond acceptors (Lipinski definition) is 4. The van der Waals surface area contributed by atoms with E-state index in [0.717, 1.165) is 16.3 Å². The van der Waals surface area contributed by atoms with Crippen LogP contribution in [0.4, 0.5) is 0 Å². The van der Waals surface area contributed by atoms with Gasteiger partial charge in [0.15, 0.2) is 11.5 Å². The van der Waals surface area contributed by atoms with Gasteiger partial charge in [-0.1, -0.05) is 49.1 Å². The van der Waals surface area contributed by atoms with Gasteiger partial charge in [-0.15, -0.1) is 0 Å². The summed E-state index contributed by atoms with van der Waals surface area (Å²) in [4.78, 5) is 22.8. The molecular formula is C19H18O4. The second-order valence-electron chi connectivity index (χ2n) is 4.96. The summed E-state index contributed by atoms with van der Waals surface area (Å²) in [7, 11) is 0. The van der Waals surface area contributed by atoms with Gasteiger partial charge in [-0.05, 0) is 23.4 Å². The van der Waals surface area contributed by atoms with Crippen molar-refractivity contribution in [1.82, 2.24) is 0 Å². The number of rotatable bonds is 5. The molecule has 4 heteroatoms. The zero-order valence-electron chi connectivity index (χ0n) is 13.2. The molecule has 118 valence electrons. The zero-order valence-corrected chi connectivity index (χ0v) is 13.2. The first kappa shape index (κ1) is 16.5. The number of benzene rings is 2. The normalized spacial score (nSPS) is 10.7. The van der Waals surface area contributed by atoms with Gasteiger partial charge in [0, 0.05) is 19.2 Å². The lowest BCUT2D eigenvalue weighted by Gasteiger charge is -2.14. The standard InChI is InChI=1S/C19H18O4/c1-4-5-6-9-15-12-18(22-13(2)20)19(23-14(3)21)17-11-8-7-10-16(15)17/h4-8,10-12H,1,9H2,2-3H3/b6-5+. The van der Waals surface area contributed by atoms with Crippen molar-refractivity contribution in [2.24, 2.45) is 0 Å². The number of carbonyl (C=O) groups is 2. The number of allylic oxidation sites excluding steroid dienone is 3. The van der Waals surface area contributed by atoms with Gasteiger partial charge in [0.25, 0.3) is 0 Å². The topological polar surface area (TPSA) is 52.6 Å². The predicted molar refractivity (Wildman–Crippen MR) is 89.6 cm³/mol. The summed E-state index contributed by atoms with van der Waals surface area (Å²) in [6.45, 7) is 6.27. The van der Waals surface area contributed by atoms with E-state index in [1.54, 1.807) is 12.1 Å². The number of hydrogen-bond donors (Lipinski definition) is 0. The van der Waals surface area contributed by atoms with E-state index in [1.807, 2.05) is 36.4 Å². The monoisotopic (exact) mass is 310 g/mol. The summed E-state index contributed by atoms with van der Waals surface area (Å²) in [5.74, 6) is -0.433. The van der Waals surface area contributed by atoms with Crippen molar-refractivity contribution >= 4 is 22.7 Å². The van der Waals surface area contributed by atoms with Gasteiger partial charge in [-0.25, -0.2) is 0 Å². The molecule has 0 amide bonds. The number of ether oxygens (including phenoxy) is 2. The van der Waals surface area contributed by atoms with Crippen LogP contribution in [0, 0.1) is 0 Å². The quantitative estimate of drug-likeness (QED) is 0.476. The van der Waals surface area contributed by atoms with Gasteiger partial charge in [0.1, 0.15) is 0 Å². The highest BCUT2D eigenvalue weighted by Crippen LogP contribution is 2.38. The summed E-state index contributed by atoms with van der Waals surface area (Å²) in [5.41, 5.74) is 0.964. The van der Waals surface area contributed by atoms with Gasteiger partial charge in [0.2, 0.25) is 0 Å². The van der Waals surface area contributed by atoms with Gasteiger partial charge in [-0.2, -0.15) is 0 Å². The molecular weight excluding hydrogens is 292 g/mol. The SMILES string of the molecule is C=C/C=C/Cc1cc(OC(C)=O)c(OC(C)=O)c2ccccc12. The van der Waals surface area contributed by atoms with Crippen LogP contribution in [0.5, 0.6) is 11.5 Å². The molecule has 2 rings (SSSR count). The molecule has 0 spiro atoms. The fourth-order valence-electron chi connectivity index (χ4n) is 2.34. The average molecular weight is 310 g/mol. The van der Waals surface area contributed by atoms with Gasteiger partial charge in [0.05, 0.1) is 0 Å². The van der Waals surface area contributed by atoms with E-state index < -0.39 is 11.9 Å². The molecule has 2 aromatic carbocycles. The minimum atomic E-state index is -0.471. The minimum absolute atomic E-state index is 0.244. The highest BCUT2D eigenvalue weighted by molar-refractivity contribution is 5.96. The minimum Gasteiger partial charge on any atom is -0.423 e. The van der Waals surface area contributed by atoms with E-state index in [-0.39, 0.29) is 11.5 Å². The third-order valence-corrected chi connectivity index (χ3v) is 3.16. The van der Waals surface area contributed by atoms with Crippen molar-refractivity contribution in [3.8, 4) is 11.5 Å². The van der Waals surface area contributed by atoms with Gasteiger partial charge < -0.3 is 9.47 Å². The van der Waals surface area contributed by atoms with Crippen molar-refractivity contribution in [3.63, 3.8) is 0 Å². The van der Waals surface area contributed by atoms with Crippen LogP contribution in [0.3, 0.4) is 0 Å². The molecule has 0 atom stereocenters. The molecule has 23 heavy (non-hydrogen) atoms. The Labute approximate surface area is 135 Å². The van der Waals surface area contributed by atoms with Crippen LogP contribution < -0.4 is 9.47 Å². The molecule has 4 nitrogen and oxygen atoms in total. The zero-order chi connectivity index (χ0) is 16.8. The first-order chi connectivity index (χ1) is 11.0. The molecule has 0 heterocycles. The van der Waals surface area contributed by atoms with Crippen molar-refractivity contribution in [2.75, 3.05) is 0 Å². The summed E-state index contributed by atoms with van der Waals surface area (Å²) < 4.78 is 10.5. The molecule has 0 aliphatic heterocycles. The van der Waals surface area contributed by atoms with Crippen LogP contribution in [-0.2, 0) is 16.0 Å². The molecule has 0 fully saturated rings. The lowest BCUT2D eigenvalue weighted by Crippen LogP contribution is -2.08. The molecule has 0 aliphatic rings. The van der Waals surface area contributed by atoms with Crippen LogP contribution in [0.2, 0.25) is 0 Å². The number of carbonyl (C=O) groups excluding carboxylic acids is 2. The third kappa shape index (κ3) is 4.07. The molecule has 0 aliphatic carbocycles. The van der Waals surface area contributed by atoms with Crippen LogP contribution in [0.15, 0.2) is 55.1 Å². The first-order valence-corrected chi connectivity index (χ1v) is 7.22. The number of esters is 2. The third-order valence-electron chi connectivity index (χ3n) is 3.16. The Bertz CT molecular complexity index is 787. The van der Waals surface area contributed by atoms with E-state index in [4.69, 9.17) is 9.47 Å². The molecule has 0 saturated heterocycles. The van der Waals surface area contributed by atoms with E-state index in [0.29, 0.717) is 6.42 Å².